The Morgan fingerprint density at radius 1 is 1.07 bits per heavy atom. The van der Waals surface area contributed by atoms with Crippen molar-refractivity contribution in [3.8, 4) is 5.75 Å². The number of rotatable bonds is 9. The van der Waals surface area contributed by atoms with Gasteiger partial charge in [-0.1, -0.05) is 35.9 Å². The lowest BCUT2D eigenvalue weighted by Gasteiger charge is -2.45. The van der Waals surface area contributed by atoms with E-state index in [1.54, 1.807) is 30.3 Å². The van der Waals surface area contributed by atoms with Crippen molar-refractivity contribution < 1.29 is 28.7 Å². The number of aryl methyl sites for hydroxylation is 1. The summed E-state index contributed by atoms with van der Waals surface area (Å²) in [5.41, 5.74) is 3.80. The van der Waals surface area contributed by atoms with Gasteiger partial charge in [-0.3, -0.25) is 19.2 Å². The number of esters is 1. The van der Waals surface area contributed by atoms with Crippen molar-refractivity contribution in [2.24, 2.45) is 0 Å². The van der Waals surface area contributed by atoms with Crippen molar-refractivity contribution in [3.63, 3.8) is 0 Å². The first-order valence-corrected chi connectivity index (χ1v) is 14.4. The predicted molar refractivity (Wildman–Crippen MR) is 157 cm³/mol. The van der Waals surface area contributed by atoms with E-state index in [0.717, 1.165) is 22.3 Å². The summed E-state index contributed by atoms with van der Waals surface area (Å²) in [6, 6.07) is 11.6. The fourth-order valence-corrected chi connectivity index (χ4v) is 5.95. The zero-order valence-corrected chi connectivity index (χ0v) is 24.6. The maximum absolute atomic E-state index is 14.0. The van der Waals surface area contributed by atoms with Crippen LogP contribution >= 0.6 is 0 Å². The van der Waals surface area contributed by atoms with E-state index in [9.17, 15) is 19.2 Å². The normalized spacial score (nSPS) is 16.9. The first-order chi connectivity index (χ1) is 20.7. The number of amides is 3. The summed E-state index contributed by atoms with van der Waals surface area (Å²) >= 11 is 0. The summed E-state index contributed by atoms with van der Waals surface area (Å²) in [6.45, 7) is 4.07. The summed E-state index contributed by atoms with van der Waals surface area (Å²) in [5.74, 6) is -0.664. The Morgan fingerprint density at radius 3 is 2.47 bits per heavy atom. The van der Waals surface area contributed by atoms with Gasteiger partial charge in [-0.25, -0.2) is 4.98 Å². The number of likely N-dealkylation sites (tertiary alicyclic amines) is 1. The molecule has 3 heterocycles. The highest BCUT2D eigenvalue weighted by Gasteiger charge is 2.45. The number of hydrogen-bond acceptors (Lipinski definition) is 7. The molecule has 0 aliphatic carbocycles. The molecule has 5 rings (SSSR count). The number of H-pyrrole nitrogens is 1. The minimum absolute atomic E-state index is 0.186. The highest BCUT2D eigenvalue weighted by Crippen LogP contribution is 2.42. The summed E-state index contributed by atoms with van der Waals surface area (Å²) in [6.07, 6.45) is 4.67. The van der Waals surface area contributed by atoms with E-state index in [4.69, 9.17) is 9.47 Å². The number of methoxy groups -OCH3 is 1. The van der Waals surface area contributed by atoms with Crippen molar-refractivity contribution in [1.29, 1.82) is 0 Å². The zero-order valence-electron chi connectivity index (χ0n) is 24.6. The maximum Gasteiger partial charge on any atom is 0.311 e. The van der Waals surface area contributed by atoms with Gasteiger partial charge in [0.1, 0.15) is 23.4 Å². The van der Waals surface area contributed by atoms with E-state index >= 15 is 0 Å². The van der Waals surface area contributed by atoms with Crippen LogP contribution < -0.4 is 15.4 Å². The van der Waals surface area contributed by atoms with Crippen LogP contribution in [0.25, 0.3) is 0 Å². The van der Waals surface area contributed by atoms with Gasteiger partial charge < -0.3 is 30.0 Å². The molecular weight excluding hydrogens is 550 g/mol. The van der Waals surface area contributed by atoms with Gasteiger partial charge >= 0.3 is 5.97 Å². The second kappa shape index (κ2) is 12.7. The standard InChI is InChI=1S/C32H37N5O6/c1-20-4-7-23-16-29(39)43-32(26(23)14-20)10-12-37(13-11-32)31(41)28(15-22-5-8-25(42-3)9-6-22)36-30(40)27(35-21(2)38)17-24-18-33-19-34-24/h4-9,14,18-19,27-28H,10-13,15-17H2,1-3H3,(H,33,34)(H,35,38)(H,36,40). The Hall–Kier alpha value is -4.67. The minimum atomic E-state index is -0.907. The highest BCUT2D eigenvalue weighted by molar-refractivity contribution is 5.92. The number of imidazole rings is 1. The van der Waals surface area contributed by atoms with E-state index < -0.39 is 23.6 Å². The van der Waals surface area contributed by atoms with Crippen LogP contribution in [0.2, 0.25) is 0 Å². The molecule has 43 heavy (non-hydrogen) atoms. The van der Waals surface area contributed by atoms with Crippen LogP contribution in [0.5, 0.6) is 5.75 Å². The third-order valence-electron chi connectivity index (χ3n) is 8.17. The first-order valence-electron chi connectivity index (χ1n) is 14.4. The average Bonchev–Trinajstić information content (AvgIpc) is 3.50. The molecule has 11 nitrogen and oxygen atoms in total. The van der Waals surface area contributed by atoms with Crippen molar-refractivity contribution in [2.75, 3.05) is 20.2 Å². The van der Waals surface area contributed by atoms with Crippen LogP contribution in [0.3, 0.4) is 0 Å². The van der Waals surface area contributed by atoms with Crippen molar-refractivity contribution >= 4 is 23.7 Å². The van der Waals surface area contributed by atoms with Crippen molar-refractivity contribution in [3.05, 3.63) is 82.9 Å². The Kier molecular flexibility index (Phi) is 8.79. The van der Waals surface area contributed by atoms with Gasteiger partial charge in [0.25, 0.3) is 0 Å². The molecule has 2 atom stereocenters. The topological polar surface area (TPSA) is 143 Å². The number of nitrogens with zero attached hydrogens (tertiary/aromatic N) is 2. The number of carbonyl (C=O) groups is 4. The average molecular weight is 588 g/mol. The molecule has 11 heteroatoms. The molecule has 0 radical (unpaired) electrons. The molecule has 2 aliphatic rings. The lowest BCUT2D eigenvalue weighted by Crippen LogP contribution is -2.57. The molecule has 1 saturated heterocycles. The fraction of sp³-hybridized carbons (Fsp3) is 0.406. The zero-order chi connectivity index (χ0) is 30.6. The number of nitrogens with one attached hydrogen (secondary N) is 3. The lowest BCUT2D eigenvalue weighted by molar-refractivity contribution is -0.170. The fourth-order valence-electron chi connectivity index (χ4n) is 5.95. The quantitative estimate of drug-likeness (QED) is 0.326. The van der Waals surface area contributed by atoms with Crippen LogP contribution in [0.4, 0.5) is 0 Å². The van der Waals surface area contributed by atoms with Crippen LogP contribution in [0.15, 0.2) is 55.0 Å². The monoisotopic (exact) mass is 587 g/mol. The second-order valence-electron chi connectivity index (χ2n) is 11.3. The smallest absolute Gasteiger partial charge is 0.311 e. The minimum Gasteiger partial charge on any atom is -0.497 e. The molecule has 2 aromatic carbocycles. The number of carbonyl (C=O) groups excluding carboxylic acids is 4. The van der Waals surface area contributed by atoms with Crippen molar-refractivity contribution in [2.45, 2.75) is 63.6 Å². The number of piperidine rings is 1. The Balaban J connectivity index is 1.35. The molecule has 3 N–H and O–H groups in total. The summed E-state index contributed by atoms with van der Waals surface area (Å²) in [5, 5.41) is 5.60. The second-order valence-corrected chi connectivity index (χ2v) is 11.3. The van der Waals surface area contributed by atoms with E-state index in [1.165, 1.54) is 13.3 Å². The van der Waals surface area contributed by atoms with Crippen molar-refractivity contribution in [1.82, 2.24) is 25.5 Å². The Bertz CT molecular complexity index is 1480. The predicted octanol–water partition coefficient (Wildman–Crippen LogP) is 2.12. The molecule has 1 spiro atoms. The highest BCUT2D eigenvalue weighted by atomic mass is 16.6. The molecular formula is C32H37N5O6. The SMILES string of the molecule is COc1ccc(CC(NC(=O)C(Cc2cnc[nH]2)NC(C)=O)C(=O)N2CCC3(CC2)OC(=O)Cc2ccc(C)cc23)cc1. The third-order valence-corrected chi connectivity index (χ3v) is 8.17. The number of hydrogen-bond donors (Lipinski definition) is 3. The number of aromatic nitrogens is 2. The molecule has 0 saturated carbocycles. The summed E-state index contributed by atoms with van der Waals surface area (Å²) in [7, 11) is 1.58. The van der Waals surface area contributed by atoms with E-state index in [1.807, 2.05) is 31.2 Å². The van der Waals surface area contributed by atoms with Gasteiger partial charge in [-0.2, -0.15) is 0 Å². The molecule has 1 aromatic heterocycles. The maximum atomic E-state index is 14.0. The van der Waals surface area contributed by atoms with Gasteiger partial charge in [0.15, 0.2) is 0 Å². The van der Waals surface area contributed by atoms with Gasteiger partial charge in [0.05, 0.1) is 19.9 Å². The summed E-state index contributed by atoms with van der Waals surface area (Å²) in [4.78, 5) is 60.7. The molecule has 2 aliphatic heterocycles. The number of aromatic amines is 1. The van der Waals surface area contributed by atoms with Crippen LogP contribution in [0.1, 0.15) is 47.7 Å². The van der Waals surface area contributed by atoms with E-state index in [0.29, 0.717) is 37.4 Å². The number of benzene rings is 2. The number of ether oxygens (including phenoxy) is 2. The van der Waals surface area contributed by atoms with Crippen LogP contribution in [-0.4, -0.2) is 70.8 Å². The molecule has 3 amide bonds. The van der Waals surface area contributed by atoms with Gasteiger partial charge in [0.2, 0.25) is 17.7 Å². The number of fused-ring (bicyclic) bond motifs is 2. The lowest BCUT2D eigenvalue weighted by atomic mass is 9.78. The molecule has 226 valence electrons. The third kappa shape index (κ3) is 6.87. The van der Waals surface area contributed by atoms with E-state index in [2.05, 4.69) is 26.7 Å². The largest absolute Gasteiger partial charge is 0.497 e. The Morgan fingerprint density at radius 2 is 1.81 bits per heavy atom. The van der Waals surface area contributed by atoms with Crippen LogP contribution in [-0.2, 0) is 48.8 Å². The molecule has 3 aromatic rings. The van der Waals surface area contributed by atoms with Gasteiger partial charge in [-0.05, 0) is 35.7 Å². The van der Waals surface area contributed by atoms with Crippen LogP contribution in [0, 0.1) is 6.92 Å². The molecule has 1 fully saturated rings. The first kappa shape index (κ1) is 29.8. The van der Waals surface area contributed by atoms with E-state index in [-0.39, 0.29) is 37.0 Å². The summed E-state index contributed by atoms with van der Waals surface area (Å²) < 4.78 is 11.2. The van der Waals surface area contributed by atoms with Gasteiger partial charge in [0, 0.05) is 57.6 Å². The molecule has 2 unspecified atom stereocenters. The molecule has 0 bridgehead atoms. The van der Waals surface area contributed by atoms with Gasteiger partial charge in [-0.15, -0.1) is 0 Å². The Labute approximate surface area is 250 Å².